The molecule has 2 aromatic carbocycles. The average molecular weight is 834 g/mol. The minimum absolute atomic E-state index is 0.0247. The maximum atomic E-state index is 14.2. The molecule has 318 valence electrons. The largest absolute Gasteiger partial charge is 0.464 e. The number of para-hydroxylation sites is 1. The number of likely N-dealkylation sites (tertiary alicyclic amines) is 3. The van der Waals surface area contributed by atoms with E-state index in [0.29, 0.717) is 64.8 Å². The summed E-state index contributed by atoms with van der Waals surface area (Å²) in [5.74, 6) is -0.756. The molecule has 0 radical (unpaired) electrons. The number of nitrogen functional groups attached to an aromatic ring is 1. The van der Waals surface area contributed by atoms with E-state index in [2.05, 4.69) is 10.2 Å². The fourth-order valence-electron chi connectivity index (χ4n) is 8.63. The van der Waals surface area contributed by atoms with Gasteiger partial charge in [-0.05, 0) is 101 Å². The fraction of sp³-hybridized carbons (Fsp3) is 0.610. The molecule has 2 atom stereocenters. The lowest BCUT2D eigenvalue weighted by molar-refractivity contribution is -0.154. The van der Waals surface area contributed by atoms with Crippen molar-refractivity contribution in [2.24, 2.45) is 0 Å². The molecule has 0 saturated carbocycles. The van der Waals surface area contributed by atoms with Gasteiger partial charge in [0, 0.05) is 63.5 Å². The maximum absolute atomic E-state index is 14.2. The van der Waals surface area contributed by atoms with Gasteiger partial charge in [-0.15, -0.1) is 0 Å². The number of anilines is 2. The third-order valence-electron chi connectivity index (χ3n) is 11.8. The van der Waals surface area contributed by atoms with Crippen LogP contribution in [0.5, 0.6) is 0 Å². The molecule has 13 nitrogen and oxygen atoms in total. The van der Waals surface area contributed by atoms with E-state index in [4.69, 9.17) is 26.8 Å². The van der Waals surface area contributed by atoms with Crippen LogP contribution in [0.4, 0.5) is 34.1 Å². The summed E-state index contributed by atoms with van der Waals surface area (Å²) in [5, 5.41) is 2.66. The molecule has 4 amide bonds. The lowest BCUT2D eigenvalue weighted by Crippen LogP contribution is -2.56. The Balaban J connectivity index is 1.11. The smallest absolute Gasteiger partial charge is 0.418 e. The highest BCUT2D eigenvalue weighted by molar-refractivity contribution is 6.33. The van der Waals surface area contributed by atoms with Crippen molar-refractivity contribution in [1.29, 1.82) is 0 Å². The van der Waals surface area contributed by atoms with Crippen LogP contribution in [0.15, 0.2) is 36.4 Å². The van der Waals surface area contributed by atoms with E-state index in [0.717, 1.165) is 49.7 Å². The summed E-state index contributed by atoms with van der Waals surface area (Å²) in [6, 6.07) is 9.10. The third-order valence-corrected chi connectivity index (χ3v) is 12.1. The van der Waals surface area contributed by atoms with Crippen molar-refractivity contribution >= 4 is 47.0 Å². The number of carbonyl (C=O) groups excluding carboxylic acids is 4. The van der Waals surface area contributed by atoms with Gasteiger partial charge in [0.25, 0.3) is 5.91 Å². The minimum Gasteiger partial charge on any atom is -0.464 e. The van der Waals surface area contributed by atoms with E-state index in [1.165, 1.54) is 11.0 Å². The van der Waals surface area contributed by atoms with Crippen molar-refractivity contribution in [3.8, 4) is 0 Å². The van der Waals surface area contributed by atoms with E-state index >= 15 is 0 Å². The normalized spacial score (nSPS) is 20.6. The molecule has 4 aliphatic rings. The number of alkyl halides is 3. The number of nitrogens with one attached hydrogen (secondary N) is 1. The van der Waals surface area contributed by atoms with Crippen LogP contribution >= 0.6 is 11.6 Å². The summed E-state index contributed by atoms with van der Waals surface area (Å²) < 4.78 is 53.4. The second-order valence-corrected chi connectivity index (χ2v) is 16.4. The number of nitrogens with two attached hydrogens (primary N) is 1. The average Bonchev–Trinajstić information content (AvgIpc) is 3.37. The quantitative estimate of drug-likeness (QED) is 0.161. The predicted molar refractivity (Wildman–Crippen MR) is 213 cm³/mol. The first-order valence-corrected chi connectivity index (χ1v) is 20.7. The number of rotatable bonds is 11. The molecule has 3 fully saturated rings. The summed E-state index contributed by atoms with van der Waals surface area (Å²) in [6.45, 7) is 3.55. The lowest BCUT2D eigenvalue weighted by Gasteiger charge is -2.44. The van der Waals surface area contributed by atoms with Gasteiger partial charge in [-0.25, -0.2) is 9.59 Å². The van der Waals surface area contributed by atoms with Gasteiger partial charge in [-0.1, -0.05) is 36.2 Å². The Hall–Kier alpha value is -4.28. The van der Waals surface area contributed by atoms with Crippen LogP contribution in [0.25, 0.3) is 0 Å². The molecule has 4 heterocycles. The summed E-state index contributed by atoms with van der Waals surface area (Å²) >= 11 is 6.15. The summed E-state index contributed by atoms with van der Waals surface area (Å²) in [6.07, 6.45) is -1.29. The monoisotopic (exact) mass is 833 g/mol. The standard InChI is InChI=1S/C41H55ClF3N7O6/c1-48(2)16-7-23-57-38(54)34-10-5-6-17-51(34)29-12-18-49(19-13-29)37(53)35(26-27-24-31(41(43,44)45)36(46)32(42)25-27)58-40(56)50-20-14-30(15-21-50)52-22-11-28-8-3-4-9-33(28)47-39(52)55/h3-4,8-9,24-25,29-30,34-35H,5-7,10-23,26,46H2,1-2H3,(H,47,55)/t34-,35-/m1/s1. The zero-order valence-electron chi connectivity index (χ0n) is 33.3. The minimum atomic E-state index is -4.80. The van der Waals surface area contributed by atoms with Crippen LogP contribution in [0.3, 0.4) is 0 Å². The fourth-order valence-corrected chi connectivity index (χ4v) is 8.87. The van der Waals surface area contributed by atoms with Crippen molar-refractivity contribution in [2.45, 2.75) is 94.6 Å². The number of carbonyl (C=O) groups is 4. The molecule has 0 aromatic heterocycles. The van der Waals surface area contributed by atoms with Gasteiger partial charge < -0.3 is 40.1 Å². The van der Waals surface area contributed by atoms with E-state index in [9.17, 15) is 32.3 Å². The highest BCUT2D eigenvalue weighted by Crippen LogP contribution is 2.38. The number of hydrogen-bond donors (Lipinski definition) is 2. The van der Waals surface area contributed by atoms with Gasteiger partial charge in [-0.2, -0.15) is 13.2 Å². The molecule has 0 spiro atoms. The van der Waals surface area contributed by atoms with Crippen LogP contribution in [-0.4, -0.2) is 139 Å². The van der Waals surface area contributed by atoms with E-state index in [-0.39, 0.29) is 60.2 Å². The maximum Gasteiger partial charge on any atom is 0.418 e. The molecule has 17 heteroatoms. The van der Waals surface area contributed by atoms with Crippen LogP contribution in [-0.2, 0) is 38.1 Å². The Bertz CT molecular complexity index is 1780. The number of hydrogen-bond acceptors (Lipinski definition) is 9. The second kappa shape index (κ2) is 19.2. The molecule has 4 aliphatic heterocycles. The number of urea groups is 1. The molecule has 6 rings (SSSR count). The van der Waals surface area contributed by atoms with Gasteiger partial charge in [0.2, 0.25) is 0 Å². The zero-order valence-corrected chi connectivity index (χ0v) is 34.0. The van der Waals surface area contributed by atoms with Crippen LogP contribution in [0.2, 0.25) is 5.02 Å². The molecule has 58 heavy (non-hydrogen) atoms. The third kappa shape index (κ3) is 10.7. The Morgan fingerprint density at radius 3 is 2.34 bits per heavy atom. The number of halogens is 4. The van der Waals surface area contributed by atoms with Gasteiger partial charge in [0.15, 0.2) is 6.10 Å². The molecule has 3 saturated heterocycles. The van der Waals surface area contributed by atoms with Crippen molar-refractivity contribution in [3.63, 3.8) is 0 Å². The summed E-state index contributed by atoms with van der Waals surface area (Å²) in [4.78, 5) is 63.4. The number of fused-ring (bicyclic) bond motifs is 1. The second-order valence-electron chi connectivity index (χ2n) is 16.0. The number of esters is 1. The first kappa shape index (κ1) is 43.3. The van der Waals surface area contributed by atoms with Gasteiger partial charge >= 0.3 is 24.3 Å². The van der Waals surface area contributed by atoms with Crippen molar-refractivity contribution in [2.75, 3.05) is 77.6 Å². The van der Waals surface area contributed by atoms with E-state index in [1.807, 2.05) is 43.3 Å². The molecular weight excluding hydrogens is 779 g/mol. The number of piperidine rings is 3. The van der Waals surface area contributed by atoms with Crippen molar-refractivity contribution in [3.05, 3.63) is 58.1 Å². The van der Waals surface area contributed by atoms with Gasteiger partial charge in [0.05, 0.1) is 22.9 Å². The number of nitrogens with zero attached hydrogens (tertiary/aromatic N) is 5. The molecule has 0 unspecified atom stereocenters. The lowest BCUT2D eigenvalue weighted by atomic mass is 9.94. The van der Waals surface area contributed by atoms with E-state index < -0.39 is 35.5 Å². The number of amides is 4. The van der Waals surface area contributed by atoms with E-state index in [1.54, 1.807) is 9.80 Å². The zero-order chi connectivity index (χ0) is 41.6. The van der Waals surface area contributed by atoms with Crippen LogP contribution < -0.4 is 11.1 Å². The highest BCUT2D eigenvalue weighted by atomic mass is 35.5. The Morgan fingerprint density at radius 2 is 1.64 bits per heavy atom. The topological polar surface area (TPSA) is 141 Å². The first-order chi connectivity index (χ1) is 27.7. The molecule has 2 aromatic rings. The molecular formula is C41H55ClF3N7O6. The predicted octanol–water partition coefficient (Wildman–Crippen LogP) is 5.88. The van der Waals surface area contributed by atoms with Crippen molar-refractivity contribution in [1.82, 2.24) is 24.5 Å². The van der Waals surface area contributed by atoms with Gasteiger partial charge in [-0.3, -0.25) is 14.5 Å². The highest BCUT2D eigenvalue weighted by Gasteiger charge is 2.40. The summed E-state index contributed by atoms with van der Waals surface area (Å²) in [7, 11) is 3.93. The molecule has 0 aliphatic carbocycles. The Kier molecular flexibility index (Phi) is 14.3. The number of benzene rings is 2. The Morgan fingerprint density at radius 1 is 0.948 bits per heavy atom. The van der Waals surface area contributed by atoms with Crippen LogP contribution in [0.1, 0.15) is 68.1 Å². The van der Waals surface area contributed by atoms with Crippen molar-refractivity contribution < 1.29 is 41.8 Å². The first-order valence-electron chi connectivity index (χ1n) is 20.3. The summed E-state index contributed by atoms with van der Waals surface area (Å²) in [5.41, 5.74) is 5.80. The van der Waals surface area contributed by atoms with Crippen LogP contribution in [0, 0.1) is 0 Å². The SMILES string of the molecule is CN(C)CCCOC(=O)[C@H]1CCCCN1C1CCN(C(=O)[C@@H](Cc2cc(Cl)c(N)c(C(F)(F)F)c2)OC(=O)N2CCC(N3CCc4ccccc4NC3=O)CC2)CC1. The van der Waals surface area contributed by atoms with Gasteiger partial charge in [0.1, 0.15) is 6.04 Å². The molecule has 3 N–H and O–H groups in total. The number of ether oxygens (including phenoxy) is 2. The Labute approximate surface area is 342 Å². The molecule has 0 bridgehead atoms.